The fraction of sp³-hybridized carbons (Fsp3) is 0.500. The first-order valence-corrected chi connectivity index (χ1v) is 6.38. The van der Waals surface area contributed by atoms with Gasteiger partial charge < -0.3 is 20.8 Å². The molecule has 1 unspecified atom stereocenters. The SMILES string of the molecule is CCc1nn(C)cc1NC(=O)NC(CCC(=O)O)C(=O)O. The van der Waals surface area contributed by atoms with Gasteiger partial charge in [-0.25, -0.2) is 9.59 Å². The lowest BCUT2D eigenvalue weighted by atomic mass is 10.1. The highest BCUT2D eigenvalue weighted by molar-refractivity contribution is 5.92. The van der Waals surface area contributed by atoms with Gasteiger partial charge in [-0.15, -0.1) is 0 Å². The Morgan fingerprint density at radius 3 is 2.57 bits per heavy atom. The van der Waals surface area contributed by atoms with E-state index in [1.165, 1.54) is 4.68 Å². The van der Waals surface area contributed by atoms with Crippen molar-refractivity contribution < 1.29 is 24.6 Å². The lowest BCUT2D eigenvalue weighted by Crippen LogP contribution is -2.43. The van der Waals surface area contributed by atoms with Crippen LogP contribution in [-0.4, -0.2) is 44.0 Å². The molecule has 0 saturated carbocycles. The quantitative estimate of drug-likeness (QED) is 0.576. The van der Waals surface area contributed by atoms with Gasteiger partial charge in [0, 0.05) is 19.7 Å². The number of carbonyl (C=O) groups excluding carboxylic acids is 1. The third-order valence-corrected chi connectivity index (χ3v) is 2.74. The van der Waals surface area contributed by atoms with Crippen molar-refractivity contribution in [3.05, 3.63) is 11.9 Å². The lowest BCUT2D eigenvalue weighted by Gasteiger charge is -2.14. The summed E-state index contributed by atoms with van der Waals surface area (Å²) in [6.07, 6.45) is 1.68. The van der Waals surface area contributed by atoms with Crippen LogP contribution in [0.5, 0.6) is 0 Å². The minimum absolute atomic E-state index is 0.189. The first-order valence-electron chi connectivity index (χ1n) is 6.38. The van der Waals surface area contributed by atoms with Gasteiger partial charge in [-0.3, -0.25) is 9.48 Å². The number of amides is 2. The zero-order chi connectivity index (χ0) is 16.0. The molecule has 0 radical (unpaired) electrons. The average molecular weight is 298 g/mol. The van der Waals surface area contributed by atoms with Crippen LogP contribution >= 0.6 is 0 Å². The minimum atomic E-state index is -1.28. The van der Waals surface area contributed by atoms with Crippen molar-refractivity contribution in [3.63, 3.8) is 0 Å². The molecule has 9 heteroatoms. The van der Waals surface area contributed by atoms with Gasteiger partial charge in [0.1, 0.15) is 6.04 Å². The van der Waals surface area contributed by atoms with Crippen molar-refractivity contribution >= 4 is 23.7 Å². The lowest BCUT2D eigenvalue weighted by molar-refractivity contribution is -0.140. The maximum Gasteiger partial charge on any atom is 0.326 e. The van der Waals surface area contributed by atoms with Crippen LogP contribution in [0, 0.1) is 0 Å². The molecule has 1 aromatic heterocycles. The number of nitrogens with zero attached hydrogens (tertiary/aromatic N) is 2. The smallest absolute Gasteiger partial charge is 0.326 e. The van der Waals surface area contributed by atoms with Crippen molar-refractivity contribution in [2.45, 2.75) is 32.2 Å². The highest BCUT2D eigenvalue weighted by Crippen LogP contribution is 2.13. The second kappa shape index (κ2) is 7.27. The average Bonchev–Trinajstić information content (AvgIpc) is 2.73. The molecule has 0 bridgehead atoms. The number of aryl methyl sites for hydroxylation is 2. The Bertz CT molecular complexity index is 540. The number of hydrogen-bond donors (Lipinski definition) is 4. The van der Waals surface area contributed by atoms with E-state index in [0.717, 1.165) is 0 Å². The number of anilines is 1. The molecule has 9 nitrogen and oxygen atoms in total. The van der Waals surface area contributed by atoms with E-state index >= 15 is 0 Å². The Labute approximate surface area is 120 Å². The summed E-state index contributed by atoms with van der Waals surface area (Å²) >= 11 is 0. The zero-order valence-electron chi connectivity index (χ0n) is 11.8. The van der Waals surface area contributed by atoms with Crippen molar-refractivity contribution in [1.29, 1.82) is 0 Å². The summed E-state index contributed by atoms with van der Waals surface area (Å²) in [6.45, 7) is 1.87. The number of nitrogens with one attached hydrogen (secondary N) is 2. The molecule has 1 rings (SSSR count). The standard InChI is InChI=1S/C12H18N4O5/c1-3-7-9(6-16(2)15-7)14-12(21)13-8(11(19)20)4-5-10(17)18/h6,8H,3-5H2,1-2H3,(H,17,18)(H,19,20)(H2,13,14,21). The molecule has 1 heterocycles. The molecular weight excluding hydrogens is 280 g/mol. The fourth-order valence-electron chi connectivity index (χ4n) is 1.74. The Balaban J connectivity index is 2.65. The first kappa shape index (κ1) is 16.5. The molecule has 2 amide bonds. The van der Waals surface area contributed by atoms with Gasteiger partial charge in [-0.2, -0.15) is 5.10 Å². The minimum Gasteiger partial charge on any atom is -0.481 e. The van der Waals surface area contributed by atoms with Crippen LogP contribution in [0.2, 0.25) is 0 Å². The Morgan fingerprint density at radius 1 is 1.38 bits per heavy atom. The number of aromatic nitrogens is 2. The molecule has 0 fully saturated rings. The van der Waals surface area contributed by atoms with Crippen LogP contribution in [0.25, 0.3) is 0 Å². The topological polar surface area (TPSA) is 134 Å². The van der Waals surface area contributed by atoms with Gasteiger partial charge in [-0.1, -0.05) is 6.92 Å². The van der Waals surface area contributed by atoms with Crippen molar-refractivity contribution in [2.24, 2.45) is 7.05 Å². The second-order valence-electron chi connectivity index (χ2n) is 4.44. The largest absolute Gasteiger partial charge is 0.481 e. The van der Waals surface area contributed by atoms with Gasteiger partial charge in [0.2, 0.25) is 0 Å². The van der Waals surface area contributed by atoms with E-state index in [1.54, 1.807) is 13.2 Å². The number of carboxylic acid groups (broad SMARTS) is 2. The molecule has 0 aliphatic heterocycles. The molecule has 0 aliphatic carbocycles. The molecule has 0 aliphatic rings. The summed E-state index contributed by atoms with van der Waals surface area (Å²) in [6, 6.07) is -1.97. The van der Waals surface area contributed by atoms with E-state index in [2.05, 4.69) is 15.7 Å². The summed E-state index contributed by atoms with van der Waals surface area (Å²) in [5.41, 5.74) is 1.16. The van der Waals surface area contributed by atoms with Gasteiger partial charge in [-0.05, 0) is 12.8 Å². The maximum atomic E-state index is 11.8. The maximum absolute atomic E-state index is 11.8. The Hall–Kier alpha value is -2.58. The van der Waals surface area contributed by atoms with Gasteiger partial charge >= 0.3 is 18.0 Å². The van der Waals surface area contributed by atoms with Crippen LogP contribution in [0.15, 0.2) is 6.20 Å². The van der Waals surface area contributed by atoms with Crippen LogP contribution in [-0.2, 0) is 23.1 Å². The van der Waals surface area contributed by atoms with E-state index < -0.39 is 24.0 Å². The molecule has 0 saturated heterocycles. The van der Waals surface area contributed by atoms with Crippen LogP contribution in [0.1, 0.15) is 25.5 Å². The second-order valence-corrected chi connectivity index (χ2v) is 4.44. The summed E-state index contributed by atoms with van der Waals surface area (Å²) in [5, 5.41) is 26.4. The molecule has 116 valence electrons. The number of urea groups is 1. The molecule has 0 aromatic carbocycles. The predicted octanol–water partition coefficient (Wildman–Crippen LogP) is 0.422. The molecule has 0 spiro atoms. The fourth-order valence-corrected chi connectivity index (χ4v) is 1.74. The van der Waals surface area contributed by atoms with E-state index in [0.29, 0.717) is 17.8 Å². The summed E-state index contributed by atoms with van der Waals surface area (Å²) < 4.78 is 1.54. The third-order valence-electron chi connectivity index (χ3n) is 2.74. The summed E-state index contributed by atoms with van der Waals surface area (Å²) in [4.78, 5) is 33.2. The summed E-state index contributed by atoms with van der Waals surface area (Å²) in [7, 11) is 1.70. The van der Waals surface area contributed by atoms with Gasteiger partial charge in [0.25, 0.3) is 0 Å². The van der Waals surface area contributed by atoms with Crippen LogP contribution < -0.4 is 10.6 Å². The van der Waals surface area contributed by atoms with E-state index in [4.69, 9.17) is 10.2 Å². The third kappa shape index (κ3) is 5.13. The monoisotopic (exact) mass is 298 g/mol. The summed E-state index contributed by atoms with van der Waals surface area (Å²) in [5.74, 6) is -2.41. The normalized spacial score (nSPS) is 11.7. The van der Waals surface area contributed by atoms with Crippen molar-refractivity contribution in [1.82, 2.24) is 15.1 Å². The van der Waals surface area contributed by atoms with Crippen LogP contribution in [0.4, 0.5) is 10.5 Å². The van der Waals surface area contributed by atoms with E-state index in [1.807, 2.05) is 6.92 Å². The molecule has 1 atom stereocenters. The van der Waals surface area contributed by atoms with Gasteiger partial charge in [0.05, 0.1) is 11.4 Å². The zero-order valence-corrected chi connectivity index (χ0v) is 11.8. The highest BCUT2D eigenvalue weighted by atomic mass is 16.4. The number of hydrogen-bond acceptors (Lipinski definition) is 4. The van der Waals surface area contributed by atoms with Crippen molar-refractivity contribution in [2.75, 3.05) is 5.32 Å². The number of aliphatic carboxylic acids is 2. The molecule has 1 aromatic rings. The van der Waals surface area contributed by atoms with E-state index in [-0.39, 0.29) is 12.8 Å². The Morgan fingerprint density at radius 2 is 2.05 bits per heavy atom. The Kier molecular flexibility index (Phi) is 5.70. The molecule has 4 N–H and O–H groups in total. The number of carboxylic acids is 2. The van der Waals surface area contributed by atoms with Gasteiger partial charge in [0.15, 0.2) is 0 Å². The predicted molar refractivity (Wildman–Crippen MR) is 73.0 cm³/mol. The van der Waals surface area contributed by atoms with Crippen LogP contribution in [0.3, 0.4) is 0 Å². The van der Waals surface area contributed by atoms with Crippen molar-refractivity contribution in [3.8, 4) is 0 Å². The number of rotatable bonds is 7. The molecular formula is C12H18N4O5. The highest BCUT2D eigenvalue weighted by Gasteiger charge is 2.21. The number of carbonyl (C=O) groups is 3. The first-order chi connectivity index (χ1) is 9.83. The van der Waals surface area contributed by atoms with E-state index in [9.17, 15) is 14.4 Å². The molecule has 21 heavy (non-hydrogen) atoms.